The van der Waals surface area contributed by atoms with Gasteiger partial charge in [-0.1, -0.05) is 6.07 Å². The molecule has 6 nitrogen and oxygen atoms in total. The van der Waals surface area contributed by atoms with Gasteiger partial charge in [-0.3, -0.25) is 9.59 Å². The molecule has 0 unspecified atom stereocenters. The molecule has 0 bridgehead atoms. The van der Waals surface area contributed by atoms with Crippen molar-refractivity contribution in [2.24, 2.45) is 0 Å². The third-order valence-corrected chi connectivity index (χ3v) is 3.00. The number of aromatic amines is 1. The van der Waals surface area contributed by atoms with Gasteiger partial charge in [0, 0.05) is 18.1 Å². The molecule has 2 N–H and O–H groups in total. The SMILES string of the molecule is CNC(=O)c1cc2ccc(-c3ncco3)cc2[nH]c1=O. The van der Waals surface area contributed by atoms with Crippen LogP contribution in [0.5, 0.6) is 0 Å². The van der Waals surface area contributed by atoms with Crippen molar-refractivity contribution >= 4 is 16.8 Å². The molecule has 0 saturated carbocycles. The number of nitrogens with zero attached hydrogens (tertiary/aromatic N) is 1. The molecule has 1 amide bonds. The second-order valence-corrected chi connectivity index (χ2v) is 4.23. The van der Waals surface area contributed by atoms with Gasteiger partial charge < -0.3 is 14.7 Å². The van der Waals surface area contributed by atoms with Crippen LogP contribution < -0.4 is 10.9 Å². The number of pyridine rings is 1. The average Bonchev–Trinajstić information content (AvgIpc) is 2.99. The van der Waals surface area contributed by atoms with E-state index in [-0.39, 0.29) is 5.56 Å². The number of hydrogen-bond acceptors (Lipinski definition) is 4. The van der Waals surface area contributed by atoms with Crippen LogP contribution in [-0.2, 0) is 0 Å². The Kier molecular flexibility index (Phi) is 2.83. The maximum atomic E-state index is 11.9. The van der Waals surface area contributed by atoms with E-state index < -0.39 is 11.5 Å². The summed E-state index contributed by atoms with van der Waals surface area (Å²) in [6.45, 7) is 0. The predicted molar refractivity (Wildman–Crippen MR) is 73.5 cm³/mol. The molecule has 0 aliphatic carbocycles. The topological polar surface area (TPSA) is 88.0 Å². The predicted octanol–water partition coefficient (Wildman–Crippen LogP) is 1.54. The van der Waals surface area contributed by atoms with Crippen molar-refractivity contribution in [1.82, 2.24) is 15.3 Å². The van der Waals surface area contributed by atoms with E-state index in [0.717, 1.165) is 10.9 Å². The van der Waals surface area contributed by atoms with Crippen LogP contribution in [0.15, 0.2) is 45.9 Å². The first kappa shape index (κ1) is 12.2. The summed E-state index contributed by atoms with van der Waals surface area (Å²) >= 11 is 0. The summed E-state index contributed by atoms with van der Waals surface area (Å²) in [5, 5.41) is 3.20. The highest BCUT2D eigenvalue weighted by atomic mass is 16.3. The molecule has 2 heterocycles. The lowest BCUT2D eigenvalue weighted by atomic mass is 10.1. The molecule has 6 heteroatoms. The Morgan fingerprint density at radius 1 is 1.35 bits per heavy atom. The highest BCUT2D eigenvalue weighted by Crippen LogP contribution is 2.21. The number of aromatic nitrogens is 2. The Balaban J connectivity index is 2.17. The number of H-pyrrole nitrogens is 1. The molecule has 0 saturated heterocycles. The number of oxazole rings is 1. The minimum absolute atomic E-state index is 0.0869. The van der Waals surface area contributed by atoms with Crippen LogP contribution in [0.2, 0.25) is 0 Å². The van der Waals surface area contributed by atoms with Crippen molar-refractivity contribution in [3.8, 4) is 11.5 Å². The molecule has 1 aromatic carbocycles. The van der Waals surface area contributed by atoms with E-state index in [1.54, 1.807) is 24.4 Å². The van der Waals surface area contributed by atoms with Crippen LogP contribution in [-0.4, -0.2) is 22.9 Å². The molecule has 0 radical (unpaired) electrons. The zero-order valence-corrected chi connectivity index (χ0v) is 10.6. The van der Waals surface area contributed by atoms with Crippen molar-refractivity contribution in [1.29, 1.82) is 0 Å². The van der Waals surface area contributed by atoms with Gasteiger partial charge in [0.1, 0.15) is 11.8 Å². The third kappa shape index (κ3) is 1.97. The fraction of sp³-hybridized carbons (Fsp3) is 0.0714. The van der Waals surface area contributed by atoms with E-state index in [2.05, 4.69) is 15.3 Å². The Hall–Kier alpha value is -2.89. The number of amides is 1. The second kappa shape index (κ2) is 4.65. The summed E-state index contributed by atoms with van der Waals surface area (Å²) in [6.07, 6.45) is 3.04. The highest BCUT2D eigenvalue weighted by molar-refractivity contribution is 5.97. The molecular weight excluding hydrogens is 258 g/mol. The number of carbonyl (C=O) groups excluding carboxylic acids is 1. The molecule has 0 aliphatic rings. The summed E-state index contributed by atoms with van der Waals surface area (Å²) in [7, 11) is 1.48. The molecule has 2 aromatic heterocycles. The minimum atomic E-state index is -0.429. The molecule has 100 valence electrons. The normalized spacial score (nSPS) is 10.7. The number of rotatable bonds is 2. The van der Waals surface area contributed by atoms with Crippen LogP contribution in [0.1, 0.15) is 10.4 Å². The van der Waals surface area contributed by atoms with E-state index in [0.29, 0.717) is 11.4 Å². The summed E-state index contributed by atoms with van der Waals surface area (Å²) in [5.74, 6) is 0.0630. The average molecular weight is 269 g/mol. The lowest BCUT2D eigenvalue weighted by Gasteiger charge is -2.03. The van der Waals surface area contributed by atoms with E-state index in [1.165, 1.54) is 13.3 Å². The van der Waals surface area contributed by atoms with Gasteiger partial charge in [0.05, 0.1) is 6.20 Å². The van der Waals surface area contributed by atoms with Crippen LogP contribution in [0, 0.1) is 0 Å². The lowest BCUT2D eigenvalue weighted by Crippen LogP contribution is -2.26. The third-order valence-electron chi connectivity index (χ3n) is 3.00. The van der Waals surface area contributed by atoms with Crippen molar-refractivity contribution in [2.45, 2.75) is 0 Å². The van der Waals surface area contributed by atoms with Crippen molar-refractivity contribution < 1.29 is 9.21 Å². The highest BCUT2D eigenvalue weighted by Gasteiger charge is 2.11. The van der Waals surface area contributed by atoms with E-state index in [4.69, 9.17) is 4.42 Å². The first-order chi connectivity index (χ1) is 9.69. The van der Waals surface area contributed by atoms with Gasteiger partial charge in [-0.05, 0) is 23.6 Å². The molecule has 0 spiro atoms. The van der Waals surface area contributed by atoms with E-state index in [1.807, 2.05) is 6.07 Å². The minimum Gasteiger partial charge on any atom is -0.445 e. The number of nitrogens with one attached hydrogen (secondary N) is 2. The molecule has 3 rings (SSSR count). The maximum Gasteiger partial charge on any atom is 0.261 e. The van der Waals surface area contributed by atoms with Gasteiger partial charge in [0.2, 0.25) is 5.89 Å². The van der Waals surface area contributed by atoms with Gasteiger partial charge in [0.25, 0.3) is 11.5 Å². The smallest absolute Gasteiger partial charge is 0.261 e. The number of fused-ring (bicyclic) bond motifs is 1. The first-order valence-corrected chi connectivity index (χ1v) is 5.98. The number of carbonyl (C=O) groups is 1. The largest absolute Gasteiger partial charge is 0.445 e. The van der Waals surface area contributed by atoms with Gasteiger partial charge in [-0.25, -0.2) is 4.98 Å². The Morgan fingerprint density at radius 2 is 2.20 bits per heavy atom. The Bertz CT molecular complexity index is 834. The van der Waals surface area contributed by atoms with Crippen molar-refractivity contribution in [3.63, 3.8) is 0 Å². The first-order valence-electron chi connectivity index (χ1n) is 5.98. The number of benzene rings is 1. The van der Waals surface area contributed by atoms with Gasteiger partial charge in [-0.15, -0.1) is 0 Å². The molecule has 0 atom stereocenters. The van der Waals surface area contributed by atoms with Crippen LogP contribution in [0.4, 0.5) is 0 Å². The molecule has 20 heavy (non-hydrogen) atoms. The van der Waals surface area contributed by atoms with Crippen molar-refractivity contribution in [3.05, 3.63) is 52.6 Å². The number of hydrogen-bond donors (Lipinski definition) is 2. The van der Waals surface area contributed by atoms with Gasteiger partial charge >= 0.3 is 0 Å². The monoisotopic (exact) mass is 269 g/mol. The fourth-order valence-corrected chi connectivity index (χ4v) is 2.00. The molecule has 3 aromatic rings. The van der Waals surface area contributed by atoms with Gasteiger partial charge in [0.15, 0.2) is 0 Å². The van der Waals surface area contributed by atoms with Crippen LogP contribution in [0.3, 0.4) is 0 Å². The standard InChI is InChI=1S/C14H11N3O3/c1-15-12(18)10-6-8-2-3-9(14-16-4-5-20-14)7-11(8)17-13(10)19/h2-7H,1H3,(H,15,18)(H,17,19). The summed E-state index contributed by atoms with van der Waals surface area (Å²) in [6, 6.07) is 6.94. The summed E-state index contributed by atoms with van der Waals surface area (Å²) in [4.78, 5) is 30.2. The Labute approximate surface area is 113 Å². The second-order valence-electron chi connectivity index (χ2n) is 4.23. The molecule has 0 aliphatic heterocycles. The zero-order valence-electron chi connectivity index (χ0n) is 10.6. The molecular formula is C14H11N3O3. The van der Waals surface area contributed by atoms with E-state index >= 15 is 0 Å². The maximum absolute atomic E-state index is 11.9. The lowest BCUT2D eigenvalue weighted by molar-refractivity contribution is 0.0962. The molecule has 0 fully saturated rings. The summed E-state index contributed by atoms with van der Waals surface area (Å²) < 4.78 is 5.21. The van der Waals surface area contributed by atoms with Crippen LogP contribution in [0.25, 0.3) is 22.4 Å². The fourth-order valence-electron chi connectivity index (χ4n) is 2.00. The Morgan fingerprint density at radius 3 is 2.90 bits per heavy atom. The summed E-state index contributed by atoms with van der Waals surface area (Å²) in [5.41, 5.74) is 1.04. The van der Waals surface area contributed by atoms with Crippen molar-refractivity contribution in [2.75, 3.05) is 7.05 Å². The van der Waals surface area contributed by atoms with E-state index in [9.17, 15) is 9.59 Å². The zero-order chi connectivity index (χ0) is 14.1. The quantitative estimate of drug-likeness (QED) is 0.738. The van der Waals surface area contributed by atoms with Crippen LogP contribution >= 0.6 is 0 Å². The van der Waals surface area contributed by atoms with Gasteiger partial charge in [-0.2, -0.15) is 0 Å².